The van der Waals surface area contributed by atoms with Gasteiger partial charge in [-0.3, -0.25) is 9.59 Å². The Hall–Kier alpha value is -1.10. The highest BCUT2D eigenvalue weighted by Gasteiger charge is 2.57. The summed E-state index contributed by atoms with van der Waals surface area (Å²) < 4.78 is 0. The molecule has 6 rings (SSSR count). The van der Waals surface area contributed by atoms with Gasteiger partial charge in [0, 0.05) is 19.6 Å². The fraction of sp³-hybridized carbons (Fsp3) is 0.895. The summed E-state index contributed by atoms with van der Waals surface area (Å²) in [6.45, 7) is 1.62. The van der Waals surface area contributed by atoms with Crippen LogP contribution in [0.4, 0.5) is 0 Å². The van der Waals surface area contributed by atoms with Gasteiger partial charge in [0.15, 0.2) is 0 Å². The highest BCUT2D eigenvalue weighted by Crippen LogP contribution is 2.60. The summed E-state index contributed by atoms with van der Waals surface area (Å²) in [5.74, 6) is 2.61. The van der Waals surface area contributed by atoms with Gasteiger partial charge in [0.2, 0.25) is 11.8 Å². The van der Waals surface area contributed by atoms with Crippen molar-refractivity contribution in [1.29, 1.82) is 0 Å². The number of hydrogen-bond acceptors (Lipinski definition) is 3. The van der Waals surface area contributed by atoms with Crippen molar-refractivity contribution in [2.24, 2.45) is 23.2 Å². The number of aliphatic hydroxyl groups excluding tert-OH is 1. The fourth-order valence-corrected chi connectivity index (χ4v) is 6.79. The summed E-state index contributed by atoms with van der Waals surface area (Å²) in [6.07, 6.45) is 8.56. The lowest BCUT2D eigenvalue weighted by Gasteiger charge is -2.56. The van der Waals surface area contributed by atoms with Crippen LogP contribution in [-0.4, -0.2) is 58.5 Å². The molecule has 0 aromatic rings. The molecule has 4 bridgehead atoms. The van der Waals surface area contributed by atoms with Crippen molar-refractivity contribution in [3.8, 4) is 0 Å². The predicted octanol–water partition coefficient (Wildman–Crippen LogP) is 1.40. The summed E-state index contributed by atoms with van der Waals surface area (Å²) in [5, 5.41) is 9.46. The molecule has 4 aliphatic carbocycles. The normalized spacial score (nSPS) is 44.0. The van der Waals surface area contributed by atoms with Crippen molar-refractivity contribution in [2.75, 3.05) is 19.6 Å². The van der Waals surface area contributed by atoms with Crippen molar-refractivity contribution < 1.29 is 14.7 Å². The minimum Gasteiger partial charge on any atom is -0.389 e. The smallest absolute Gasteiger partial charge is 0.245 e. The van der Waals surface area contributed by atoms with Crippen LogP contribution in [0, 0.1) is 23.2 Å². The first-order valence-electron chi connectivity index (χ1n) is 9.82. The Bertz CT molecular complexity index is 534. The number of nitrogens with zero attached hydrogens (tertiary/aromatic N) is 2. The largest absolute Gasteiger partial charge is 0.389 e. The van der Waals surface area contributed by atoms with Gasteiger partial charge in [0.25, 0.3) is 0 Å². The molecule has 2 amide bonds. The van der Waals surface area contributed by atoms with E-state index in [4.69, 9.17) is 0 Å². The number of likely N-dealkylation sites (tertiary alicyclic amines) is 2. The second-order valence-electron chi connectivity index (χ2n) is 9.25. The summed E-state index contributed by atoms with van der Waals surface area (Å²) in [4.78, 5) is 29.9. The highest BCUT2D eigenvalue weighted by molar-refractivity contribution is 5.91. The Morgan fingerprint density at radius 3 is 2.08 bits per heavy atom. The molecule has 24 heavy (non-hydrogen) atoms. The Morgan fingerprint density at radius 2 is 1.54 bits per heavy atom. The van der Waals surface area contributed by atoms with Crippen molar-refractivity contribution >= 4 is 11.8 Å². The Morgan fingerprint density at radius 1 is 0.958 bits per heavy atom. The summed E-state index contributed by atoms with van der Waals surface area (Å²) in [7, 11) is 0. The van der Waals surface area contributed by atoms with Gasteiger partial charge < -0.3 is 14.9 Å². The van der Waals surface area contributed by atoms with Gasteiger partial charge in [-0.15, -0.1) is 0 Å². The Balaban J connectivity index is 1.35. The van der Waals surface area contributed by atoms with E-state index >= 15 is 0 Å². The molecular formula is C19H28N2O3. The molecule has 0 unspecified atom stereocenters. The van der Waals surface area contributed by atoms with E-state index in [0.717, 1.165) is 56.4 Å². The lowest BCUT2D eigenvalue weighted by atomic mass is 9.49. The lowest BCUT2D eigenvalue weighted by molar-refractivity contribution is -0.164. The van der Waals surface area contributed by atoms with Crippen molar-refractivity contribution in [2.45, 2.75) is 63.5 Å². The highest BCUT2D eigenvalue weighted by atomic mass is 16.3. The summed E-state index contributed by atoms with van der Waals surface area (Å²) in [6, 6.07) is -0.266. The first-order chi connectivity index (χ1) is 11.5. The van der Waals surface area contributed by atoms with Gasteiger partial charge in [-0.25, -0.2) is 0 Å². The molecule has 1 atom stereocenters. The maximum absolute atomic E-state index is 13.5. The average Bonchev–Trinajstić information content (AvgIpc) is 2.98. The quantitative estimate of drug-likeness (QED) is 0.831. The van der Waals surface area contributed by atoms with Crippen LogP contribution in [0.2, 0.25) is 0 Å². The molecule has 132 valence electrons. The van der Waals surface area contributed by atoms with E-state index < -0.39 is 0 Å². The van der Waals surface area contributed by atoms with Crippen LogP contribution in [-0.2, 0) is 9.59 Å². The number of β-amino-alcohol motifs (C(OH)–C–C–N with tert-alkyl or cyclic N) is 1. The maximum atomic E-state index is 13.5. The third kappa shape index (κ3) is 2.16. The molecule has 0 aromatic carbocycles. The van der Waals surface area contributed by atoms with Crippen molar-refractivity contribution in [3.05, 3.63) is 0 Å². The van der Waals surface area contributed by atoms with Crippen LogP contribution in [0.15, 0.2) is 0 Å². The van der Waals surface area contributed by atoms with Gasteiger partial charge in [0.05, 0.1) is 11.5 Å². The second-order valence-corrected chi connectivity index (χ2v) is 9.25. The van der Waals surface area contributed by atoms with E-state index in [9.17, 15) is 14.7 Å². The molecule has 6 aliphatic rings. The third-order valence-electron chi connectivity index (χ3n) is 7.46. The minimum absolute atomic E-state index is 0.0656. The lowest BCUT2D eigenvalue weighted by Crippen LogP contribution is -2.61. The summed E-state index contributed by atoms with van der Waals surface area (Å²) >= 11 is 0. The van der Waals surface area contributed by atoms with E-state index in [1.807, 2.05) is 4.90 Å². The molecule has 5 heteroatoms. The molecule has 2 aliphatic heterocycles. The molecular weight excluding hydrogens is 304 g/mol. The standard InChI is InChI=1S/C19H28N2O3/c22-15-10-20(11-15)17(23)16-2-1-3-21(16)18(24)19-7-12-4-13(8-19)6-14(5-12)9-19/h12-16,22H,1-11H2/t12?,13?,14?,16-,19?/m0/s1. The van der Waals surface area contributed by atoms with E-state index in [-0.39, 0.29) is 23.5 Å². The van der Waals surface area contributed by atoms with Crippen LogP contribution in [0.5, 0.6) is 0 Å². The molecule has 0 spiro atoms. The Kier molecular flexibility index (Phi) is 3.29. The number of hydrogen-bond donors (Lipinski definition) is 1. The Labute approximate surface area is 143 Å². The zero-order valence-corrected chi connectivity index (χ0v) is 14.3. The van der Waals surface area contributed by atoms with Crippen LogP contribution in [0.25, 0.3) is 0 Å². The zero-order valence-electron chi connectivity index (χ0n) is 14.3. The summed E-state index contributed by atoms with van der Waals surface area (Å²) in [5.41, 5.74) is -0.147. The van der Waals surface area contributed by atoms with Crippen LogP contribution < -0.4 is 0 Å². The van der Waals surface area contributed by atoms with Crippen LogP contribution in [0.3, 0.4) is 0 Å². The number of aliphatic hydroxyl groups is 1. The number of carbonyl (C=O) groups is 2. The van der Waals surface area contributed by atoms with E-state index in [1.54, 1.807) is 4.90 Å². The average molecular weight is 332 g/mol. The van der Waals surface area contributed by atoms with Crippen molar-refractivity contribution in [3.63, 3.8) is 0 Å². The van der Waals surface area contributed by atoms with Gasteiger partial charge in [-0.1, -0.05) is 0 Å². The maximum Gasteiger partial charge on any atom is 0.245 e. The van der Waals surface area contributed by atoms with Gasteiger partial charge in [0.1, 0.15) is 6.04 Å². The molecule has 2 saturated heterocycles. The first kappa shape index (κ1) is 15.2. The second kappa shape index (κ2) is 5.20. The van der Waals surface area contributed by atoms with Gasteiger partial charge >= 0.3 is 0 Å². The van der Waals surface area contributed by atoms with E-state index in [1.165, 1.54) is 19.3 Å². The minimum atomic E-state index is -0.373. The zero-order chi connectivity index (χ0) is 16.5. The molecule has 0 radical (unpaired) electrons. The van der Waals surface area contributed by atoms with Crippen LogP contribution >= 0.6 is 0 Å². The fourth-order valence-electron chi connectivity index (χ4n) is 6.79. The molecule has 6 fully saturated rings. The van der Waals surface area contributed by atoms with Gasteiger partial charge in [-0.05, 0) is 69.1 Å². The molecule has 4 saturated carbocycles. The van der Waals surface area contributed by atoms with Crippen LogP contribution in [0.1, 0.15) is 51.4 Å². The first-order valence-corrected chi connectivity index (χ1v) is 9.82. The monoisotopic (exact) mass is 332 g/mol. The number of rotatable bonds is 2. The topological polar surface area (TPSA) is 60.9 Å². The predicted molar refractivity (Wildman–Crippen MR) is 87.9 cm³/mol. The van der Waals surface area contributed by atoms with Gasteiger partial charge in [-0.2, -0.15) is 0 Å². The third-order valence-corrected chi connectivity index (χ3v) is 7.46. The molecule has 1 N–H and O–H groups in total. The van der Waals surface area contributed by atoms with Crippen molar-refractivity contribution in [1.82, 2.24) is 9.80 Å². The number of amides is 2. The van der Waals surface area contributed by atoms with E-state index in [2.05, 4.69) is 0 Å². The SMILES string of the molecule is O=C([C@@H]1CCCN1C(=O)C12CC3CC(CC(C3)C1)C2)N1CC(O)C1. The molecule has 5 nitrogen and oxygen atoms in total. The van der Waals surface area contributed by atoms with E-state index in [0.29, 0.717) is 19.0 Å². The molecule has 0 aromatic heterocycles. The number of carbonyl (C=O) groups excluding carboxylic acids is 2. The molecule has 2 heterocycles.